The molecule has 0 spiro atoms. The van der Waals surface area contributed by atoms with E-state index >= 15 is 0 Å². The minimum atomic E-state index is -1.05. The molecule has 2 aromatic rings. The molecular weight excluding hydrogens is 748 g/mol. The maximum atomic E-state index is 13.9. The van der Waals surface area contributed by atoms with Gasteiger partial charge in [0.15, 0.2) is 0 Å². The predicted molar refractivity (Wildman–Crippen MR) is 221 cm³/mol. The van der Waals surface area contributed by atoms with Crippen LogP contribution in [0.5, 0.6) is 11.5 Å². The number of rotatable bonds is 12. The molecule has 0 aliphatic carbocycles. The topological polar surface area (TPSA) is 202 Å². The Morgan fingerprint density at radius 1 is 0.586 bits per heavy atom. The van der Waals surface area contributed by atoms with Crippen LogP contribution in [0.2, 0.25) is 0 Å². The molecule has 2 rings (SSSR count). The fourth-order valence-electron chi connectivity index (χ4n) is 4.63. The summed E-state index contributed by atoms with van der Waals surface area (Å²) in [4.78, 5) is 59.6. The van der Waals surface area contributed by atoms with Crippen LogP contribution < -0.4 is 14.8 Å². The number of hydrogen-bond donors (Lipinski definition) is 3. The maximum absolute atomic E-state index is 13.9. The summed E-state index contributed by atoms with van der Waals surface area (Å²) in [5.74, 6) is 0.471. The van der Waals surface area contributed by atoms with Crippen LogP contribution in [0.25, 0.3) is 0 Å². The second kappa shape index (κ2) is 20.7. The van der Waals surface area contributed by atoms with Gasteiger partial charge in [-0.05, 0) is 157 Å². The number of benzene rings is 2. The van der Waals surface area contributed by atoms with Crippen molar-refractivity contribution in [2.75, 3.05) is 26.3 Å². The highest BCUT2D eigenvalue weighted by Gasteiger charge is 2.35. The van der Waals surface area contributed by atoms with Gasteiger partial charge in [-0.1, -0.05) is 0 Å². The average molecular weight is 811 g/mol. The number of amides is 4. The normalized spacial score (nSPS) is 12.1. The number of ether oxygens (including phenoxy) is 6. The number of guanidine groups is 1. The van der Waals surface area contributed by atoms with Gasteiger partial charge in [-0.3, -0.25) is 10.7 Å². The number of aliphatic imine (C=N–C) groups is 1. The maximum Gasteiger partial charge on any atom is 0.437 e. The summed E-state index contributed by atoms with van der Waals surface area (Å²) in [7, 11) is 0. The lowest BCUT2D eigenvalue weighted by Gasteiger charge is -2.34. The summed E-state index contributed by atoms with van der Waals surface area (Å²) >= 11 is 0. The summed E-state index contributed by atoms with van der Waals surface area (Å²) in [5, 5.41) is 18.4. The smallest absolute Gasteiger partial charge is 0.437 e. The van der Waals surface area contributed by atoms with Crippen molar-refractivity contribution in [2.24, 2.45) is 4.99 Å². The second-order valence-electron chi connectivity index (χ2n) is 17.2. The minimum Gasteiger partial charge on any atom is -0.494 e. The Labute approximate surface area is 342 Å². The van der Waals surface area contributed by atoms with Crippen LogP contribution in [0.1, 0.15) is 114 Å². The van der Waals surface area contributed by atoms with Crippen molar-refractivity contribution >= 4 is 41.9 Å². The Morgan fingerprint density at radius 2 is 0.966 bits per heavy atom. The highest BCUT2D eigenvalue weighted by Crippen LogP contribution is 2.20. The molecular formula is C42H62N6O10. The van der Waals surface area contributed by atoms with E-state index in [1.165, 1.54) is 0 Å². The van der Waals surface area contributed by atoms with E-state index in [1.807, 2.05) is 0 Å². The predicted octanol–water partition coefficient (Wildman–Crippen LogP) is 8.93. The number of carbonyl (C=O) groups excluding carboxylic acids is 4. The van der Waals surface area contributed by atoms with E-state index in [2.05, 4.69) is 10.3 Å². The first-order valence-corrected chi connectivity index (χ1v) is 19.1. The second-order valence-corrected chi connectivity index (χ2v) is 17.2. The van der Waals surface area contributed by atoms with E-state index in [4.69, 9.17) is 39.2 Å². The summed E-state index contributed by atoms with van der Waals surface area (Å²) in [5.41, 5.74) is -2.01. The third-order valence-corrected chi connectivity index (χ3v) is 6.94. The monoisotopic (exact) mass is 810 g/mol. The molecule has 16 nitrogen and oxygen atoms in total. The zero-order chi connectivity index (χ0) is 44.1. The SMILES string of the molecule is CC(=N)c1ccc(OCCCN(C(=O)OC(C)(C)C)/C(=N\C(=O)OC(C)(C)C)N(CCCOc2ccc(C(=N)NC(=O)OC(C)(C)C)cc2)C(=O)OC(C)(C)C)cc1. The molecule has 320 valence electrons. The van der Waals surface area contributed by atoms with Crippen LogP contribution in [-0.2, 0) is 18.9 Å². The number of nitrogens with zero attached hydrogens (tertiary/aromatic N) is 3. The summed E-state index contributed by atoms with van der Waals surface area (Å²) in [6.07, 6.45) is -3.16. The molecule has 16 heteroatoms. The molecule has 0 aromatic heterocycles. The lowest BCUT2D eigenvalue weighted by molar-refractivity contribution is 0.0267. The van der Waals surface area contributed by atoms with Gasteiger partial charge >= 0.3 is 24.4 Å². The molecule has 58 heavy (non-hydrogen) atoms. The van der Waals surface area contributed by atoms with Crippen LogP contribution in [0.4, 0.5) is 19.2 Å². The molecule has 0 fully saturated rings. The van der Waals surface area contributed by atoms with E-state index in [0.717, 1.165) is 15.4 Å². The molecule has 4 amide bonds. The van der Waals surface area contributed by atoms with Gasteiger partial charge in [-0.2, -0.15) is 0 Å². The van der Waals surface area contributed by atoms with Crippen molar-refractivity contribution in [1.82, 2.24) is 15.1 Å². The van der Waals surface area contributed by atoms with Crippen LogP contribution in [-0.4, -0.2) is 100 Å². The number of nitrogens with one attached hydrogen (secondary N) is 3. The Hall–Kier alpha value is -5.67. The van der Waals surface area contributed by atoms with Crippen molar-refractivity contribution in [3.63, 3.8) is 0 Å². The highest BCUT2D eigenvalue weighted by molar-refractivity contribution is 6.05. The molecule has 0 radical (unpaired) electrons. The zero-order valence-electron chi connectivity index (χ0n) is 36.3. The molecule has 0 aliphatic rings. The molecule has 3 N–H and O–H groups in total. The van der Waals surface area contributed by atoms with Crippen molar-refractivity contribution in [1.29, 1.82) is 10.8 Å². The van der Waals surface area contributed by atoms with Crippen LogP contribution >= 0.6 is 0 Å². The van der Waals surface area contributed by atoms with Gasteiger partial charge in [-0.15, -0.1) is 4.99 Å². The van der Waals surface area contributed by atoms with Crippen LogP contribution in [0.3, 0.4) is 0 Å². The number of amidine groups is 1. The lowest BCUT2D eigenvalue weighted by atomic mass is 10.1. The minimum absolute atomic E-state index is 0.0720. The van der Waals surface area contributed by atoms with Gasteiger partial charge < -0.3 is 33.8 Å². The summed E-state index contributed by atoms with van der Waals surface area (Å²) in [6.45, 7) is 22.0. The molecule has 0 aliphatic heterocycles. The van der Waals surface area contributed by atoms with Gasteiger partial charge in [0, 0.05) is 24.4 Å². The highest BCUT2D eigenvalue weighted by atomic mass is 16.6. The first kappa shape index (κ1) is 48.5. The molecule has 2 aromatic carbocycles. The van der Waals surface area contributed by atoms with Gasteiger partial charge in [-0.25, -0.2) is 29.0 Å². The Bertz CT molecular complexity index is 1760. The summed E-state index contributed by atoms with van der Waals surface area (Å²) < 4.78 is 34.0. The third-order valence-electron chi connectivity index (χ3n) is 6.94. The van der Waals surface area contributed by atoms with Gasteiger partial charge in [0.2, 0.25) is 5.96 Å². The first-order chi connectivity index (χ1) is 26.6. The Balaban J connectivity index is 2.41. The van der Waals surface area contributed by atoms with Crippen LogP contribution in [0.15, 0.2) is 53.5 Å². The molecule has 0 saturated heterocycles. The van der Waals surface area contributed by atoms with E-state index in [1.54, 1.807) is 139 Å². The van der Waals surface area contributed by atoms with E-state index in [0.29, 0.717) is 22.8 Å². The number of alkyl carbamates (subject to hydrolysis) is 1. The standard InChI is InChI=1S/C42H62N6O10/c1-28(43)29-16-20-31(21-17-29)53-26-14-24-47(37(51)57-41(8,9)10)34(46-36(50)56-40(5,6)7)48(38(52)58-42(11,12)13)25-15-27-54-32-22-18-30(19-23-32)33(44)45-35(49)55-39(2,3)4/h16-23,43H,14-15,24-27H2,1-13H3,(H2,44,45,49)/b43-28?,46-34+. The number of hydrogen-bond acceptors (Lipinski definition) is 12. The average Bonchev–Trinajstić information content (AvgIpc) is 3.04. The zero-order valence-corrected chi connectivity index (χ0v) is 36.3. The number of carbonyl (C=O) groups is 4. The first-order valence-electron chi connectivity index (χ1n) is 19.1. The lowest BCUT2D eigenvalue weighted by Crippen LogP contribution is -2.53. The fraction of sp³-hybridized carbons (Fsp3) is 0.548. The van der Waals surface area contributed by atoms with Crippen molar-refractivity contribution in [2.45, 2.75) is 125 Å². The largest absolute Gasteiger partial charge is 0.494 e. The van der Waals surface area contributed by atoms with E-state index in [-0.39, 0.29) is 50.9 Å². The molecule has 0 atom stereocenters. The third kappa shape index (κ3) is 19.0. The van der Waals surface area contributed by atoms with Crippen molar-refractivity contribution in [3.8, 4) is 11.5 Å². The molecule has 0 bridgehead atoms. The quantitative estimate of drug-likeness (QED) is 0.0804. The molecule has 0 unspecified atom stereocenters. The van der Waals surface area contributed by atoms with Gasteiger partial charge in [0.05, 0.1) is 13.2 Å². The van der Waals surface area contributed by atoms with Crippen molar-refractivity contribution in [3.05, 3.63) is 59.7 Å². The fourth-order valence-corrected chi connectivity index (χ4v) is 4.63. The Morgan fingerprint density at radius 3 is 1.33 bits per heavy atom. The van der Waals surface area contributed by atoms with Gasteiger partial charge in [0.1, 0.15) is 39.7 Å². The van der Waals surface area contributed by atoms with Crippen molar-refractivity contribution < 1.29 is 47.6 Å². The molecule has 0 saturated carbocycles. The molecule has 0 heterocycles. The summed E-state index contributed by atoms with van der Waals surface area (Å²) in [6, 6.07) is 13.5. The van der Waals surface area contributed by atoms with E-state index < -0.39 is 46.8 Å². The van der Waals surface area contributed by atoms with Gasteiger partial charge in [0.25, 0.3) is 0 Å². The van der Waals surface area contributed by atoms with E-state index in [9.17, 15) is 19.2 Å². The Kier molecular flexibility index (Phi) is 17.3. The van der Waals surface area contributed by atoms with Crippen LogP contribution in [0, 0.1) is 10.8 Å².